The van der Waals surface area contributed by atoms with Crippen LogP contribution in [0, 0.1) is 0 Å². The molecule has 1 fully saturated rings. The number of nitrogens with zero attached hydrogens (tertiary/aromatic N) is 1. The van der Waals surface area contributed by atoms with Gasteiger partial charge in [-0.1, -0.05) is 37.1 Å². The average Bonchev–Trinajstić information content (AvgIpc) is 3.05. The molecule has 5 nitrogen and oxygen atoms in total. The second-order valence-electron chi connectivity index (χ2n) is 7.63. The zero-order chi connectivity index (χ0) is 19.6. The molecule has 28 heavy (non-hydrogen) atoms. The van der Waals surface area contributed by atoms with Gasteiger partial charge in [-0.15, -0.1) is 11.3 Å². The molecule has 2 aromatic rings. The van der Waals surface area contributed by atoms with Gasteiger partial charge in [-0.2, -0.15) is 0 Å². The number of aryl methyl sites for hydroxylation is 1. The van der Waals surface area contributed by atoms with Gasteiger partial charge in [0, 0.05) is 24.5 Å². The molecule has 0 radical (unpaired) electrons. The first-order valence-corrected chi connectivity index (χ1v) is 12.4. The van der Waals surface area contributed by atoms with Gasteiger partial charge in [0.25, 0.3) is 15.9 Å². The van der Waals surface area contributed by atoms with E-state index in [0.717, 1.165) is 74.9 Å². The van der Waals surface area contributed by atoms with E-state index in [1.807, 2.05) is 23.1 Å². The van der Waals surface area contributed by atoms with Crippen molar-refractivity contribution in [2.45, 2.75) is 55.2 Å². The molecule has 1 aliphatic heterocycles. The van der Waals surface area contributed by atoms with E-state index in [1.165, 1.54) is 11.6 Å². The molecular formula is C21H26N2O3S2. The zero-order valence-electron chi connectivity index (χ0n) is 15.9. The van der Waals surface area contributed by atoms with Crippen molar-refractivity contribution in [1.82, 2.24) is 9.62 Å². The molecule has 1 saturated heterocycles. The summed E-state index contributed by atoms with van der Waals surface area (Å²) in [5.41, 5.74) is 2.76. The van der Waals surface area contributed by atoms with Crippen LogP contribution in [0.3, 0.4) is 0 Å². The maximum atomic E-state index is 13.0. The standard InChI is InChI=1S/C21H26N2O3S2/c24-21(23-12-5-1-2-6-13-23)17-14-20(27-15-17)28(25,26)22-19-11-7-9-16-8-3-4-10-18(16)19/h3-4,8,10,14-15,19,22H,1-2,5-7,9,11-13H2/t19-/m1/s1. The molecule has 7 heteroatoms. The number of nitrogens with one attached hydrogen (secondary N) is 1. The number of carbonyl (C=O) groups excluding carboxylic acids is 1. The highest BCUT2D eigenvalue weighted by Gasteiger charge is 2.28. The van der Waals surface area contributed by atoms with Crippen LogP contribution in [0.2, 0.25) is 0 Å². The lowest BCUT2D eigenvalue weighted by Gasteiger charge is -2.25. The number of thiophene rings is 1. The van der Waals surface area contributed by atoms with Crippen LogP contribution in [0.15, 0.2) is 39.9 Å². The molecule has 0 unspecified atom stereocenters. The van der Waals surface area contributed by atoms with Crippen molar-refractivity contribution in [2.24, 2.45) is 0 Å². The summed E-state index contributed by atoms with van der Waals surface area (Å²) in [6.07, 6.45) is 7.09. The van der Waals surface area contributed by atoms with E-state index in [4.69, 9.17) is 0 Å². The Balaban J connectivity index is 1.51. The molecule has 1 amide bonds. The van der Waals surface area contributed by atoms with Crippen molar-refractivity contribution in [3.8, 4) is 0 Å². The summed E-state index contributed by atoms with van der Waals surface area (Å²) in [6.45, 7) is 1.52. The normalized spacial score (nSPS) is 20.4. The van der Waals surface area contributed by atoms with E-state index in [2.05, 4.69) is 10.8 Å². The Bertz CT molecular complexity index is 944. The molecule has 150 valence electrons. The lowest BCUT2D eigenvalue weighted by molar-refractivity contribution is 0.0762. The predicted octanol–water partition coefficient (Wildman–Crippen LogP) is 4.12. The van der Waals surface area contributed by atoms with Gasteiger partial charge in [0.15, 0.2) is 0 Å². The van der Waals surface area contributed by atoms with Crippen LogP contribution in [0.25, 0.3) is 0 Å². The van der Waals surface area contributed by atoms with Crippen molar-refractivity contribution < 1.29 is 13.2 Å². The van der Waals surface area contributed by atoms with Gasteiger partial charge < -0.3 is 4.90 Å². The molecule has 1 N–H and O–H groups in total. The first kappa shape index (κ1) is 19.6. The Hall–Kier alpha value is -1.70. The molecule has 1 aromatic heterocycles. The van der Waals surface area contributed by atoms with E-state index in [-0.39, 0.29) is 16.2 Å². The van der Waals surface area contributed by atoms with Crippen molar-refractivity contribution in [1.29, 1.82) is 0 Å². The highest BCUT2D eigenvalue weighted by Crippen LogP contribution is 2.32. The number of fused-ring (bicyclic) bond motifs is 1. The third-order valence-corrected chi connectivity index (χ3v) is 8.56. The van der Waals surface area contributed by atoms with E-state index in [0.29, 0.717) is 5.56 Å². The van der Waals surface area contributed by atoms with Crippen LogP contribution in [0.4, 0.5) is 0 Å². The first-order chi connectivity index (χ1) is 13.5. The number of carbonyl (C=O) groups is 1. The molecule has 2 heterocycles. The Kier molecular flexibility index (Phi) is 5.85. The fourth-order valence-corrected chi connectivity index (χ4v) is 6.57. The predicted molar refractivity (Wildman–Crippen MR) is 111 cm³/mol. The molecular weight excluding hydrogens is 392 g/mol. The van der Waals surface area contributed by atoms with Crippen LogP contribution in [0.1, 0.15) is 66.1 Å². The number of likely N-dealkylation sites (tertiary alicyclic amines) is 1. The summed E-state index contributed by atoms with van der Waals surface area (Å²) in [4.78, 5) is 14.6. The summed E-state index contributed by atoms with van der Waals surface area (Å²) in [7, 11) is -3.66. The minimum atomic E-state index is -3.66. The Morgan fingerprint density at radius 1 is 1.07 bits per heavy atom. The van der Waals surface area contributed by atoms with Crippen LogP contribution in [-0.2, 0) is 16.4 Å². The fraction of sp³-hybridized carbons (Fsp3) is 0.476. The maximum absolute atomic E-state index is 13.0. The molecule has 1 aromatic carbocycles. The van der Waals surface area contributed by atoms with Crippen LogP contribution < -0.4 is 4.72 Å². The van der Waals surface area contributed by atoms with Crippen LogP contribution in [-0.4, -0.2) is 32.3 Å². The van der Waals surface area contributed by atoms with Crippen molar-refractivity contribution in [3.63, 3.8) is 0 Å². The minimum absolute atomic E-state index is 0.0531. The maximum Gasteiger partial charge on any atom is 0.254 e. The Morgan fingerprint density at radius 2 is 1.82 bits per heavy atom. The Labute approximate surface area is 170 Å². The largest absolute Gasteiger partial charge is 0.339 e. The summed E-state index contributed by atoms with van der Waals surface area (Å²) >= 11 is 1.13. The molecule has 2 aliphatic rings. The minimum Gasteiger partial charge on any atom is -0.339 e. The highest BCUT2D eigenvalue weighted by molar-refractivity contribution is 7.91. The second kappa shape index (κ2) is 8.35. The third-order valence-electron chi connectivity index (χ3n) is 5.65. The lowest BCUT2D eigenvalue weighted by atomic mass is 9.88. The van der Waals surface area contributed by atoms with Gasteiger partial charge in [0.05, 0.1) is 5.56 Å². The number of sulfonamides is 1. The second-order valence-corrected chi connectivity index (χ2v) is 10.5. The van der Waals surface area contributed by atoms with E-state index in [1.54, 1.807) is 5.38 Å². The molecule has 0 saturated carbocycles. The lowest BCUT2D eigenvalue weighted by Crippen LogP contribution is -2.32. The summed E-state index contributed by atoms with van der Waals surface area (Å²) in [6, 6.07) is 9.35. The molecule has 4 rings (SSSR count). The quantitative estimate of drug-likeness (QED) is 0.812. The molecule has 0 spiro atoms. The van der Waals surface area contributed by atoms with Gasteiger partial charge in [-0.05, 0) is 49.3 Å². The highest BCUT2D eigenvalue weighted by atomic mass is 32.2. The van der Waals surface area contributed by atoms with Gasteiger partial charge >= 0.3 is 0 Å². The smallest absolute Gasteiger partial charge is 0.254 e. The van der Waals surface area contributed by atoms with Crippen molar-refractivity contribution in [2.75, 3.05) is 13.1 Å². The summed E-state index contributed by atoms with van der Waals surface area (Å²) in [5.74, 6) is -0.0531. The molecule has 1 aliphatic carbocycles. The van der Waals surface area contributed by atoms with E-state index in [9.17, 15) is 13.2 Å². The van der Waals surface area contributed by atoms with E-state index >= 15 is 0 Å². The van der Waals surface area contributed by atoms with Gasteiger partial charge in [0.1, 0.15) is 4.21 Å². The number of hydrogen-bond donors (Lipinski definition) is 1. The van der Waals surface area contributed by atoms with Crippen LogP contribution >= 0.6 is 11.3 Å². The molecule has 1 atom stereocenters. The number of hydrogen-bond acceptors (Lipinski definition) is 4. The van der Waals surface area contributed by atoms with Gasteiger partial charge in [-0.3, -0.25) is 4.79 Å². The van der Waals surface area contributed by atoms with Gasteiger partial charge in [0.2, 0.25) is 0 Å². The average molecular weight is 419 g/mol. The number of benzene rings is 1. The van der Waals surface area contributed by atoms with Gasteiger partial charge in [-0.25, -0.2) is 13.1 Å². The third kappa shape index (κ3) is 4.16. The van der Waals surface area contributed by atoms with Crippen LogP contribution in [0.5, 0.6) is 0 Å². The number of amides is 1. The van der Waals surface area contributed by atoms with Crippen molar-refractivity contribution >= 4 is 27.3 Å². The zero-order valence-corrected chi connectivity index (χ0v) is 17.5. The topological polar surface area (TPSA) is 66.5 Å². The van der Waals surface area contributed by atoms with E-state index < -0.39 is 10.0 Å². The van der Waals surface area contributed by atoms with Crippen molar-refractivity contribution in [3.05, 3.63) is 52.4 Å². The monoisotopic (exact) mass is 418 g/mol. The summed E-state index contributed by atoms with van der Waals surface area (Å²) in [5, 5.41) is 1.68. The fourth-order valence-electron chi connectivity index (χ4n) is 4.15. The SMILES string of the molecule is O=C(c1csc(S(=O)(=O)N[C@@H]2CCCc3ccccc32)c1)N1CCCCCC1. The first-order valence-electron chi connectivity index (χ1n) is 10.0. The Morgan fingerprint density at radius 3 is 2.61 bits per heavy atom. The number of rotatable bonds is 4. The summed E-state index contributed by atoms with van der Waals surface area (Å²) < 4.78 is 29.0. The molecule has 0 bridgehead atoms.